The van der Waals surface area contributed by atoms with Crippen LogP contribution in [-0.2, 0) is 9.59 Å². The molecule has 1 aliphatic rings. The van der Waals surface area contributed by atoms with Gasteiger partial charge in [-0.2, -0.15) is 0 Å². The number of anilines is 2. The molecule has 1 aromatic carbocycles. The van der Waals surface area contributed by atoms with Crippen LogP contribution >= 0.6 is 0 Å². The van der Waals surface area contributed by atoms with Crippen LogP contribution in [0, 0.1) is 5.92 Å². The fourth-order valence-corrected chi connectivity index (χ4v) is 2.99. The first kappa shape index (κ1) is 18.8. The third kappa shape index (κ3) is 4.95. The fraction of sp³-hybridized carbons (Fsp3) is 0.500. The molecule has 136 valence electrons. The minimum Gasteiger partial charge on any atom is -0.478 e. The lowest BCUT2D eigenvalue weighted by Gasteiger charge is -2.32. The summed E-state index contributed by atoms with van der Waals surface area (Å²) >= 11 is 0. The monoisotopic (exact) mass is 347 g/mol. The Morgan fingerprint density at radius 2 is 1.96 bits per heavy atom. The first-order valence-electron chi connectivity index (χ1n) is 8.63. The predicted octanol–water partition coefficient (Wildman–Crippen LogP) is 2.22. The highest BCUT2D eigenvalue weighted by molar-refractivity contribution is 6.01. The molecule has 1 aliphatic heterocycles. The van der Waals surface area contributed by atoms with E-state index in [0.29, 0.717) is 38.0 Å². The van der Waals surface area contributed by atoms with Crippen molar-refractivity contribution >= 4 is 29.2 Å². The minimum absolute atomic E-state index is 0.0689. The predicted molar refractivity (Wildman–Crippen MR) is 95.7 cm³/mol. The summed E-state index contributed by atoms with van der Waals surface area (Å²) in [6.07, 6.45) is 3.36. The second-order valence-corrected chi connectivity index (χ2v) is 6.35. The Morgan fingerprint density at radius 1 is 1.28 bits per heavy atom. The standard InChI is InChI=1S/C18H25N3O4/c1-2-3-4-16(22)20-15-6-5-13(11-14(15)18(24)25)21-9-7-12(8-10-21)17(19)23/h5-6,11-12H,2-4,7-10H2,1H3,(H2,19,23)(H,20,22)(H,24,25). The molecule has 4 N–H and O–H groups in total. The van der Waals surface area contributed by atoms with E-state index in [9.17, 15) is 19.5 Å². The van der Waals surface area contributed by atoms with Crippen LogP contribution in [0.5, 0.6) is 0 Å². The van der Waals surface area contributed by atoms with Gasteiger partial charge in [0.15, 0.2) is 0 Å². The van der Waals surface area contributed by atoms with E-state index in [2.05, 4.69) is 5.32 Å². The summed E-state index contributed by atoms with van der Waals surface area (Å²) in [4.78, 5) is 36.7. The van der Waals surface area contributed by atoms with Crippen molar-refractivity contribution in [2.75, 3.05) is 23.3 Å². The largest absolute Gasteiger partial charge is 0.478 e. The van der Waals surface area contributed by atoms with E-state index in [-0.39, 0.29) is 23.3 Å². The molecule has 0 saturated carbocycles. The van der Waals surface area contributed by atoms with Crippen molar-refractivity contribution in [2.45, 2.75) is 39.0 Å². The molecule has 2 rings (SSSR count). The summed E-state index contributed by atoms with van der Waals surface area (Å²) in [5, 5.41) is 12.1. The van der Waals surface area contributed by atoms with Gasteiger partial charge in [0.25, 0.3) is 0 Å². The van der Waals surface area contributed by atoms with E-state index in [0.717, 1.165) is 18.5 Å². The van der Waals surface area contributed by atoms with Crippen molar-refractivity contribution in [3.8, 4) is 0 Å². The molecule has 0 aromatic heterocycles. The van der Waals surface area contributed by atoms with Gasteiger partial charge in [0.2, 0.25) is 11.8 Å². The van der Waals surface area contributed by atoms with Crippen LogP contribution in [0.15, 0.2) is 18.2 Å². The van der Waals surface area contributed by atoms with Crippen LogP contribution < -0.4 is 16.0 Å². The third-order valence-corrected chi connectivity index (χ3v) is 4.53. The number of carbonyl (C=O) groups is 3. The highest BCUT2D eigenvalue weighted by Crippen LogP contribution is 2.27. The molecule has 0 radical (unpaired) electrons. The van der Waals surface area contributed by atoms with Gasteiger partial charge in [0, 0.05) is 31.1 Å². The number of benzene rings is 1. The van der Waals surface area contributed by atoms with Crippen LogP contribution in [-0.4, -0.2) is 36.0 Å². The minimum atomic E-state index is -1.08. The average molecular weight is 347 g/mol. The number of amides is 2. The third-order valence-electron chi connectivity index (χ3n) is 4.53. The van der Waals surface area contributed by atoms with Gasteiger partial charge in [-0.25, -0.2) is 4.79 Å². The van der Waals surface area contributed by atoms with E-state index in [1.807, 2.05) is 11.8 Å². The van der Waals surface area contributed by atoms with Crippen LogP contribution in [0.3, 0.4) is 0 Å². The molecule has 0 atom stereocenters. The van der Waals surface area contributed by atoms with E-state index < -0.39 is 5.97 Å². The summed E-state index contributed by atoms with van der Waals surface area (Å²) < 4.78 is 0. The van der Waals surface area contributed by atoms with E-state index >= 15 is 0 Å². The highest BCUT2D eigenvalue weighted by Gasteiger charge is 2.24. The molecule has 7 heteroatoms. The Bertz CT molecular complexity index is 652. The van der Waals surface area contributed by atoms with E-state index in [1.54, 1.807) is 18.2 Å². The van der Waals surface area contributed by atoms with Crippen molar-refractivity contribution in [1.29, 1.82) is 0 Å². The molecule has 1 saturated heterocycles. The summed E-state index contributed by atoms with van der Waals surface area (Å²) in [5.41, 5.74) is 6.49. The smallest absolute Gasteiger partial charge is 0.337 e. The number of hydrogen-bond donors (Lipinski definition) is 3. The summed E-state index contributed by atoms with van der Waals surface area (Å²) in [6, 6.07) is 5.00. The molecule has 7 nitrogen and oxygen atoms in total. The van der Waals surface area contributed by atoms with Crippen molar-refractivity contribution in [3.63, 3.8) is 0 Å². The number of nitrogens with one attached hydrogen (secondary N) is 1. The summed E-state index contributed by atoms with van der Waals surface area (Å²) in [6.45, 7) is 3.29. The lowest BCUT2D eigenvalue weighted by molar-refractivity contribution is -0.122. The number of nitrogens with zero attached hydrogens (tertiary/aromatic N) is 1. The lowest BCUT2D eigenvalue weighted by Crippen LogP contribution is -2.38. The number of carboxylic acids is 1. The number of piperidine rings is 1. The maximum atomic E-state index is 11.9. The van der Waals surface area contributed by atoms with Crippen LogP contribution in [0.25, 0.3) is 0 Å². The van der Waals surface area contributed by atoms with Gasteiger partial charge in [-0.05, 0) is 37.5 Å². The zero-order chi connectivity index (χ0) is 18.4. The van der Waals surface area contributed by atoms with Gasteiger partial charge >= 0.3 is 5.97 Å². The molecule has 0 unspecified atom stereocenters. The first-order valence-corrected chi connectivity index (χ1v) is 8.63. The molecule has 0 aliphatic carbocycles. The maximum absolute atomic E-state index is 11.9. The van der Waals surface area contributed by atoms with Gasteiger partial charge in [-0.1, -0.05) is 13.3 Å². The fourth-order valence-electron chi connectivity index (χ4n) is 2.99. The Balaban J connectivity index is 2.12. The Labute approximate surface area is 147 Å². The quantitative estimate of drug-likeness (QED) is 0.700. The normalized spacial score (nSPS) is 15.0. The number of aromatic carboxylic acids is 1. The van der Waals surface area contributed by atoms with Gasteiger partial charge in [-0.15, -0.1) is 0 Å². The molecule has 1 aromatic rings. The van der Waals surface area contributed by atoms with Gasteiger partial charge in [0.1, 0.15) is 0 Å². The second-order valence-electron chi connectivity index (χ2n) is 6.35. The molecule has 2 amide bonds. The van der Waals surface area contributed by atoms with Crippen LogP contribution in [0.2, 0.25) is 0 Å². The zero-order valence-electron chi connectivity index (χ0n) is 14.5. The number of carbonyl (C=O) groups excluding carboxylic acids is 2. The number of hydrogen-bond acceptors (Lipinski definition) is 4. The summed E-state index contributed by atoms with van der Waals surface area (Å²) in [5.74, 6) is -1.66. The molecule has 0 bridgehead atoms. The van der Waals surface area contributed by atoms with Crippen LogP contribution in [0.4, 0.5) is 11.4 Å². The van der Waals surface area contributed by atoms with Crippen molar-refractivity contribution in [1.82, 2.24) is 0 Å². The zero-order valence-corrected chi connectivity index (χ0v) is 14.5. The average Bonchev–Trinajstić information content (AvgIpc) is 2.60. The van der Waals surface area contributed by atoms with Gasteiger partial charge in [-0.3, -0.25) is 9.59 Å². The van der Waals surface area contributed by atoms with Crippen molar-refractivity contribution in [2.24, 2.45) is 11.7 Å². The maximum Gasteiger partial charge on any atom is 0.337 e. The Kier molecular flexibility index (Phi) is 6.38. The molecular formula is C18H25N3O4. The number of unbranched alkanes of at least 4 members (excludes halogenated alkanes) is 1. The molecule has 25 heavy (non-hydrogen) atoms. The molecule has 0 spiro atoms. The topological polar surface area (TPSA) is 113 Å². The van der Waals surface area contributed by atoms with Crippen molar-refractivity contribution < 1.29 is 19.5 Å². The number of primary amides is 1. The lowest BCUT2D eigenvalue weighted by atomic mass is 9.95. The van der Waals surface area contributed by atoms with Crippen LogP contribution in [0.1, 0.15) is 49.4 Å². The number of carboxylic acid groups (broad SMARTS) is 1. The van der Waals surface area contributed by atoms with Gasteiger partial charge < -0.3 is 21.1 Å². The molecule has 1 fully saturated rings. The Morgan fingerprint density at radius 3 is 2.52 bits per heavy atom. The molecule has 1 heterocycles. The first-order chi connectivity index (χ1) is 11.9. The SMILES string of the molecule is CCCCC(=O)Nc1ccc(N2CCC(C(N)=O)CC2)cc1C(=O)O. The number of nitrogens with two attached hydrogens (primary N) is 1. The highest BCUT2D eigenvalue weighted by atomic mass is 16.4. The van der Waals surface area contributed by atoms with Gasteiger partial charge in [0.05, 0.1) is 11.3 Å². The van der Waals surface area contributed by atoms with E-state index in [1.165, 1.54) is 0 Å². The Hall–Kier alpha value is -2.57. The van der Waals surface area contributed by atoms with E-state index in [4.69, 9.17) is 5.73 Å². The van der Waals surface area contributed by atoms with Crippen molar-refractivity contribution in [3.05, 3.63) is 23.8 Å². The second kappa shape index (κ2) is 8.50. The number of rotatable bonds is 7. The molecular weight excluding hydrogens is 322 g/mol. The summed E-state index contributed by atoms with van der Waals surface area (Å²) in [7, 11) is 0.